The molecule has 1 aliphatic rings. The van der Waals surface area contributed by atoms with Gasteiger partial charge in [-0.3, -0.25) is 9.69 Å². The van der Waals surface area contributed by atoms with Gasteiger partial charge in [-0.1, -0.05) is 121 Å². The van der Waals surface area contributed by atoms with Gasteiger partial charge in [0.15, 0.2) is 0 Å². The van der Waals surface area contributed by atoms with Crippen LogP contribution in [0, 0.1) is 0 Å². The molecule has 1 fully saturated rings. The summed E-state index contributed by atoms with van der Waals surface area (Å²) in [6.07, 6.45) is 2.24. The molecule has 3 aromatic rings. The van der Waals surface area contributed by atoms with Crippen molar-refractivity contribution in [2.45, 2.75) is 56.8 Å². The zero-order valence-electron chi connectivity index (χ0n) is 23.0. The fraction of sp³-hybridized carbons (Fsp3) is 0.355. The van der Waals surface area contributed by atoms with Gasteiger partial charge in [0.1, 0.15) is 0 Å². The standard InChI is InChI=1S/C31H35N6O3.Ni/c1-31(30(39)40,19-11-20-33-36-32)35-28(24-14-6-3-7-15-24)25-16-8-9-17-26(25)34-29(38)27-18-10-21-37(27)22-23-12-4-2-5-13-23;/h2-9,12-17,27-28H,10-11,18-22H2,1H3,(H2,34,38,39,40);/q-1;+3/p-1/t27?,28-,31?;/m1./s1. The summed E-state index contributed by atoms with van der Waals surface area (Å²) in [5.41, 5.74) is 10.3. The monoisotopic (exact) mass is 596 g/mol. The SMILES string of the molecule is CC(CCCN=[N+]=[N-])([N-][C@H](c1ccccc1)c1ccccc1[N-]C(=O)C1CCCN1Cc1ccccc1)C(=O)O.[Ni+3]. The van der Waals surface area contributed by atoms with Crippen LogP contribution < -0.4 is 0 Å². The molecule has 2 unspecified atom stereocenters. The topological polar surface area (TPSA) is 135 Å². The number of carboxylic acid groups (broad SMARTS) is 1. The van der Waals surface area contributed by atoms with E-state index in [0.29, 0.717) is 24.2 Å². The van der Waals surface area contributed by atoms with Crippen molar-refractivity contribution in [3.05, 3.63) is 123 Å². The summed E-state index contributed by atoms with van der Waals surface area (Å²) in [6, 6.07) is 25.9. The van der Waals surface area contributed by atoms with E-state index in [1.54, 1.807) is 13.0 Å². The van der Waals surface area contributed by atoms with Crippen molar-refractivity contribution in [2.75, 3.05) is 13.1 Å². The number of amides is 1. The fourth-order valence-corrected chi connectivity index (χ4v) is 5.14. The van der Waals surface area contributed by atoms with E-state index in [1.807, 2.05) is 66.7 Å². The Labute approximate surface area is 250 Å². The molecule has 0 saturated carbocycles. The van der Waals surface area contributed by atoms with Gasteiger partial charge in [-0.2, -0.15) is 0 Å². The summed E-state index contributed by atoms with van der Waals surface area (Å²) < 4.78 is 0. The molecule has 1 radical (unpaired) electrons. The van der Waals surface area contributed by atoms with Gasteiger partial charge in [0.05, 0.1) is 11.9 Å². The van der Waals surface area contributed by atoms with E-state index in [0.717, 1.165) is 30.5 Å². The average Bonchev–Trinajstić information content (AvgIpc) is 3.44. The summed E-state index contributed by atoms with van der Waals surface area (Å²) in [5.74, 6) is -1.27. The number of azide groups is 1. The molecule has 41 heavy (non-hydrogen) atoms. The summed E-state index contributed by atoms with van der Waals surface area (Å²) in [6.45, 7) is 3.28. The van der Waals surface area contributed by atoms with Gasteiger partial charge in [-0.05, 0) is 42.4 Å². The molecule has 0 bridgehead atoms. The predicted molar refractivity (Wildman–Crippen MR) is 155 cm³/mol. The third-order valence-electron chi connectivity index (χ3n) is 7.31. The number of hydrogen-bond acceptors (Lipinski definition) is 4. The molecule has 0 spiro atoms. The first kappa shape index (κ1) is 31.8. The van der Waals surface area contributed by atoms with Crippen LogP contribution in [-0.4, -0.2) is 46.6 Å². The number of benzene rings is 3. The van der Waals surface area contributed by atoms with Gasteiger partial charge in [0.2, 0.25) is 0 Å². The van der Waals surface area contributed by atoms with Gasteiger partial charge in [0.25, 0.3) is 5.97 Å². The molecule has 4 rings (SSSR count). The second-order valence-corrected chi connectivity index (χ2v) is 10.2. The van der Waals surface area contributed by atoms with Gasteiger partial charge in [0, 0.05) is 18.0 Å². The van der Waals surface area contributed by atoms with Crippen molar-refractivity contribution in [1.29, 1.82) is 0 Å². The molecule has 10 heteroatoms. The maximum Gasteiger partial charge on any atom is 3.00 e. The number of rotatable bonds is 13. The Balaban J connectivity index is 0.00000462. The molecule has 3 aromatic carbocycles. The number of hydrogen-bond donors (Lipinski definition) is 1. The molecule has 1 heterocycles. The average molecular weight is 597 g/mol. The Morgan fingerprint density at radius 3 is 2.41 bits per heavy atom. The van der Waals surface area contributed by atoms with Crippen LogP contribution >= 0.6 is 0 Å². The Hall–Kier alpha value is -3.68. The van der Waals surface area contributed by atoms with E-state index in [-0.39, 0.29) is 41.4 Å². The minimum atomic E-state index is -1.44. The number of likely N-dealkylation sites (tertiary alicyclic amines) is 1. The van der Waals surface area contributed by atoms with Crippen molar-refractivity contribution in [2.24, 2.45) is 5.11 Å². The second kappa shape index (κ2) is 15.4. The van der Waals surface area contributed by atoms with Crippen molar-refractivity contribution in [1.82, 2.24) is 4.90 Å². The summed E-state index contributed by atoms with van der Waals surface area (Å²) in [5, 5.41) is 23.2. The van der Waals surface area contributed by atoms with Crippen LogP contribution in [0.2, 0.25) is 0 Å². The van der Waals surface area contributed by atoms with E-state index in [2.05, 4.69) is 32.4 Å². The third kappa shape index (κ3) is 8.41. The number of para-hydroxylation sites is 1. The summed E-state index contributed by atoms with van der Waals surface area (Å²) in [7, 11) is 0. The van der Waals surface area contributed by atoms with Gasteiger partial charge in [-0.15, -0.1) is 5.69 Å². The molecule has 1 aliphatic heterocycles. The smallest absolute Gasteiger partial charge is 0.637 e. The Kier molecular flexibility index (Phi) is 11.9. The van der Waals surface area contributed by atoms with Crippen molar-refractivity contribution >= 4 is 17.6 Å². The Bertz CT molecular complexity index is 1340. The van der Waals surface area contributed by atoms with Crippen LogP contribution in [0.4, 0.5) is 5.69 Å². The number of carbonyl (C=O) groups is 2. The van der Waals surface area contributed by atoms with E-state index in [1.165, 1.54) is 0 Å². The van der Waals surface area contributed by atoms with Crippen molar-refractivity contribution < 1.29 is 31.2 Å². The number of nitrogens with zero attached hydrogens (tertiary/aromatic N) is 6. The molecular weight excluding hydrogens is 563 g/mol. The van der Waals surface area contributed by atoms with Gasteiger partial charge in [-0.25, -0.2) is 0 Å². The third-order valence-corrected chi connectivity index (χ3v) is 7.31. The maximum atomic E-state index is 13.6. The molecule has 9 nitrogen and oxygen atoms in total. The first-order chi connectivity index (χ1) is 19.4. The zero-order chi connectivity index (χ0) is 28.4. The minimum absolute atomic E-state index is 0. The largest absolute Gasteiger partial charge is 3.00 e. The molecule has 0 aliphatic carbocycles. The number of carbonyl (C=O) groups excluding carboxylic acids is 1. The fourth-order valence-electron chi connectivity index (χ4n) is 5.14. The normalized spacial score (nSPS) is 17.0. The summed E-state index contributed by atoms with van der Waals surface area (Å²) >= 11 is 0. The van der Waals surface area contributed by atoms with E-state index >= 15 is 0 Å². The van der Waals surface area contributed by atoms with Crippen LogP contribution in [0.1, 0.15) is 55.3 Å². The van der Waals surface area contributed by atoms with Crippen LogP contribution in [0.15, 0.2) is 90.0 Å². The van der Waals surface area contributed by atoms with Gasteiger partial charge >= 0.3 is 16.5 Å². The molecule has 215 valence electrons. The summed E-state index contributed by atoms with van der Waals surface area (Å²) in [4.78, 5) is 30.9. The van der Waals surface area contributed by atoms with E-state index in [4.69, 9.17) is 10.8 Å². The molecule has 0 aromatic heterocycles. The van der Waals surface area contributed by atoms with Crippen LogP contribution in [0.25, 0.3) is 21.1 Å². The predicted octanol–water partition coefficient (Wildman–Crippen LogP) is 7.28. The minimum Gasteiger partial charge on any atom is -0.637 e. The second-order valence-electron chi connectivity index (χ2n) is 10.2. The first-order valence-corrected chi connectivity index (χ1v) is 13.5. The van der Waals surface area contributed by atoms with Crippen molar-refractivity contribution in [3.63, 3.8) is 0 Å². The first-order valence-electron chi connectivity index (χ1n) is 13.5. The van der Waals surface area contributed by atoms with E-state index < -0.39 is 17.6 Å². The quantitative estimate of drug-likeness (QED) is 0.0729. The number of aliphatic carboxylic acids is 1. The number of carboxylic acids is 1. The van der Waals surface area contributed by atoms with Crippen LogP contribution in [-0.2, 0) is 32.6 Å². The molecule has 3 atom stereocenters. The van der Waals surface area contributed by atoms with Crippen molar-refractivity contribution in [3.8, 4) is 0 Å². The van der Waals surface area contributed by atoms with Gasteiger partial charge < -0.3 is 20.5 Å². The van der Waals surface area contributed by atoms with Crippen LogP contribution in [0.3, 0.4) is 0 Å². The molecule has 1 N–H and O–H groups in total. The Morgan fingerprint density at radius 1 is 1.07 bits per heavy atom. The molecular formula is C31H34N6NiO3+. The molecule has 1 amide bonds. The Morgan fingerprint density at radius 2 is 1.73 bits per heavy atom. The zero-order valence-corrected chi connectivity index (χ0v) is 23.9. The molecule has 1 saturated heterocycles. The van der Waals surface area contributed by atoms with E-state index in [9.17, 15) is 14.7 Å². The maximum absolute atomic E-state index is 13.6. The van der Waals surface area contributed by atoms with Crippen LogP contribution in [0.5, 0.6) is 0 Å².